The van der Waals surface area contributed by atoms with Crippen molar-refractivity contribution < 1.29 is 32.4 Å². The van der Waals surface area contributed by atoms with Gasteiger partial charge in [-0.3, -0.25) is 4.79 Å². The summed E-state index contributed by atoms with van der Waals surface area (Å²) in [5.74, 6) is -1.02. The molecule has 1 saturated heterocycles. The van der Waals surface area contributed by atoms with E-state index in [4.69, 9.17) is 14.4 Å². The van der Waals surface area contributed by atoms with Crippen LogP contribution in [0.25, 0.3) is 11.4 Å². The van der Waals surface area contributed by atoms with Crippen LogP contribution in [0.2, 0.25) is 0 Å². The Morgan fingerprint density at radius 1 is 1.09 bits per heavy atom. The molecule has 1 amide bonds. The van der Waals surface area contributed by atoms with E-state index in [0.717, 1.165) is 44.6 Å². The first-order chi connectivity index (χ1) is 15.3. The van der Waals surface area contributed by atoms with Crippen LogP contribution in [0.1, 0.15) is 35.0 Å². The van der Waals surface area contributed by atoms with Gasteiger partial charge in [0, 0.05) is 56.3 Å². The summed E-state index contributed by atoms with van der Waals surface area (Å²) < 4.78 is 37.1. The predicted octanol–water partition coefficient (Wildman–Crippen LogP) is 1.88. The number of rotatable bonds is 3. The Kier molecular flexibility index (Phi) is 7.80. The molecule has 174 valence electrons. The number of halogens is 3. The predicted molar refractivity (Wildman–Crippen MR) is 107 cm³/mol. The summed E-state index contributed by atoms with van der Waals surface area (Å²) in [6.45, 7) is 4.89. The second-order valence-electron chi connectivity index (χ2n) is 7.41. The average Bonchev–Trinajstić information content (AvgIpc) is 3.46. The third-order valence-corrected chi connectivity index (χ3v) is 4.86. The van der Waals surface area contributed by atoms with Gasteiger partial charge in [-0.25, -0.2) is 4.79 Å². The molecule has 1 aliphatic heterocycles. The number of aromatic nitrogens is 2. The van der Waals surface area contributed by atoms with Crippen LogP contribution in [0.5, 0.6) is 0 Å². The number of carboxylic acid groups (broad SMARTS) is 1. The molecule has 32 heavy (non-hydrogen) atoms. The fourth-order valence-electron chi connectivity index (χ4n) is 2.99. The Morgan fingerprint density at radius 2 is 1.72 bits per heavy atom. The minimum atomic E-state index is -5.08. The molecule has 0 radical (unpaired) electrons. The van der Waals surface area contributed by atoms with E-state index in [1.807, 2.05) is 29.2 Å². The molecule has 9 nitrogen and oxygen atoms in total. The van der Waals surface area contributed by atoms with Crippen molar-refractivity contribution in [3.63, 3.8) is 0 Å². The highest BCUT2D eigenvalue weighted by Crippen LogP contribution is 2.39. The first-order valence-corrected chi connectivity index (χ1v) is 10.2. The Labute approximate surface area is 182 Å². The molecule has 2 aliphatic rings. The summed E-state index contributed by atoms with van der Waals surface area (Å²) in [7, 11) is 0. The van der Waals surface area contributed by atoms with Gasteiger partial charge in [0.05, 0.1) is 0 Å². The topological polar surface area (TPSA) is 121 Å². The van der Waals surface area contributed by atoms with Crippen LogP contribution < -0.4 is 10.6 Å². The normalized spacial score (nSPS) is 17.4. The van der Waals surface area contributed by atoms with E-state index < -0.39 is 12.1 Å². The molecule has 3 N–H and O–H groups in total. The van der Waals surface area contributed by atoms with E-state index in [1.54, 1.807) is 0 Å². The first-order valence-electron chi connectivity index (χ1n) is 10.2. The highest BCUT2D eigenvalue weighted by atomic mass is 19.4. The monoisotopic (exact) mass is 455 g/mol. The number of hydrogen-bond acceptors (Lipinski definition) is 7. The van der Waals surface area contributed by atoms with Gasteiger partial charge in [-0.1, -0.05) is 17.3 Å². The SMILES string of the molecule is O=C(O)C(F)(F)F.O=C(c1cccc(-c2noc(C3CC3)n2)c1)N1CCNCCNCC1. The second-order valence-corrected chi connectivity index (χ2v) is 7.41. The third kappa shape index (κ3) is 6.76. The van der Waals surface area contributed by atoms with Crippen LogP contribution in [-0.2, 0) is 4.79 Å². The molecule has 0 bridgehead atoms. The lowest BCUT2D eigenvalue weighted by Gasteiger charge is -2.22. The van der Waals surface area contributed by atoms with E-state index in [-0.39, 0.29) is 5.91 Å². The largest absolute Gasteiger partial charge is 0.490 e. The molecule has 4 rings (SSSR count). The lowest BCUT2D eigenvalue weighted by atomic mass is 10.1. The van der Waals surface area contributed by atoms with E-state index in [9.17, 15) is 18.0 Å². The van der Waals surface area contributed by atoms with Crippen LogP contribution in [0.15, 0.2) is 28.8 Å². The van der Waals surface area contributed by atoms with Gasteiger partial charge in [-0.2, -0.15) is 18.2 Å². The number of alkyl halides is 3. The van der Waals surface area contributed by atoms with Gasteiger partial charge in [0.25, 0.3) is 5.91 Å². The molecule has 1 aliphatic carbocycles. The minimum Gasteiger partial charge on any atom is -0.475 e. The lowest BCUT2D eigenvalue weighted by Crippen LogP contribution is -2.38. The molecule has 12 heteroatoms. The maximum Gasteiger partial charge on any atom is 0.490 e. The zero-order valence-electron chi connectivity index (χ0n) is 17.2. The number of benzene rings is 1. The first kappa shape index (κ1) is 23.7. The van der Waals surface area contributed by atoms with Gasteiger partial charge < -0.3 is 25.2 Å². The Bertz CT molecular complexity index is 920. The highest BCUT2D eigenvalue weighted by molar-refractivity contribution is 5.95. The number of amides is 1. The van der Waals surface area contributed by atoms with Crippen molar-refractivity contribution in [3.8, 4) is 11.4 Å². The van der Waals surface area contributed by atoms with Crippen molar-refractivity contribution >= 4 is 11.9 Å². The maximum absolute atomic E-state index is 12.9. The van der Waals surface area contributed by atoms with Crippen LogP contribution in [0.3, 0.4) is 0 Å². The zero-order chi connectivity index (χ0) is 23.1. The summed E-state index contributed by atoms with van der Waals surface area (Å²) in [6, 6.07) is 7.50. The number of nitrogens with one attached hydrogen (secondary N) is 2. The summed E-state index contributed by atoms with van der Waals surface area (Å²) in [6.07, 6.45) is -2.84. The van der Waals surface area contributed by atoms with Gasteiger partial charge in [0.15, 0.2) is 0 Å². The Balaban J connectivity index is 0.000000360. The minimum absolute atomic E-state index is 0.0401. The van der Waals surface area contributed by atoms with Crippen molar-refractivity contribution in [2.75, 3.05) is 39.3 Å². The van der Waals surface area contributed by atoms with Crippen molar-refractivity contribution in [2.45, 2.75) is 24.9 Å². The number of carbonyl (C=O) groups excluding carboxylic acids is 1. The van der Waals surface area contributed by atoms with Gasteiger partial charge in [0.1, 0.15) is 0 Å². The van der Waals surface area contributed by atoms with E-state index in [1.165, 1.54) is 0 Å². The van der Waals surface area contributed by atoms with Crippen LogP contribution in [-0.4, -0.2) is 77.5 Å². The molecular weight excluding hydrogens is 431 g/mol. The van der Waals surface area contributed by atoms with E-state index in [0.29, 0.717) is 36.3 Å². The molecule has 2 heterocycles. The average molecular weight is 455 g/mol. The molecule has 0 spiro atoms. The van der Waals surface area contributed by atoms with Crippen molar-refractivity contribution in [3.05, 3.63) is 35.7 Å². The van der Waals surface area contributed by atoms with Crippen LogP contribution in [0, 0.1) is 0 Å². The summed E-state index contributed by atoms with van der Waals surface area (Å²) in [5.41, 5.74) is 1.48. The van der Waals surface area contributed by atoms with E-state index >= 15 is 0 Å². The number of carboxylic acids is 1. The van der Waals surface area contributed by atoms with Crippen molar-refractivity contribution in [1.82, 2.24) is 25.7 Å². The van der Waals surface area contributed by atoms with Crippen molar-refractivity contribution in [1.29, 1.82) is 0 Å². The molecule has 1 aromatic heterocycles. The van der Waals surface area contributed by atoms with Crippen LogP contribution in [0.4, 0.5) is 13.2 Å². The standard InChI is InChI=1S/C18H23N5O2.C2HF3O2/c24-18(23-10-8-19-6-7-20-9-11-23)15-3-1-2-14(12-15)16-21-17(25-22-16)13-4-5-13;3-2(4,5)1(6)7/h1-3,12-13,19-20H,4-11H2;(H,6,7). The summed E-state index contributed by atoms with van der Waals surface area (Å²) >= 11 is 0. The van der Waals surface area contributed by atoms with E-state index in [2.05, 4.69) is 20.8 Å². The summed E-state index contributed by atoms with van der Waals surface area (Å²) in [5, 5.41) is 17.9. The van der Waals surface area contributed by atoms with Gasteiger partial charge in [-0.15, -0.1) is 0 Å². The number of nitrogens with zero attached hydrogens (tertiary/aromatic N) is 3. The fraction of sp³-hybridized carbons (Fsp3) is 0.500. The Morgan fingerprint density at radius 3 is 2.28 bits per heavy atom. The number of aliphatic carboxylic acids is 1. The molecule has 2 aromatic rings. The molecule has 1 aromatic carbocycles. The molecular formula is C20H24F3N5O4. The maximum atomic E-state index is 12.9. The fourth-order valence-corrected chi connectivity index (χ4v) is 2.99. The number of hydrogen-bond donors (Lipinski definition) is 3. The lowest BCUT2D eigenvalue weighted by molar-refractivity contribution is -0.192. The highest BCUT2D eigenvalue weighted by Gasteiger charge is 2.38. The molecule has 2 fully saturated rings. The molecule has 1 saturated carbocycles. The van der Waals surface area contributed by atoms with Crippen molar-refractivity contribution in [2.24, 2.45) is 0 Å². The molecule has 0 atom stereocenters. The quantitative estimate of drug-likeness (QED) is 0.642. The van der Waals surface area contributed by atoms with Gasteiger partial charge in [-0.05, 0) is 25.0 Å². The van der Waals surface area contributed by atoms with Crippen LogP contribution >= 0.6 is 0 Å². The second kappa shape index (κ2) is 10.6. The molecule has 0 unspecified atom stereocenters. The summed E-state index contributed by atoms with van der Waals surface area (Å²) in [4.78, 5) is 28.1. The van der Waals surface area contributed by atoms with Gasteiger partial charge in [0.2, 0.25) is 11.7 Å². The zero-order valence-corrected chi connectivity index (χ0v) is 17.2. The van der Waals surface area contributed by atoms with Gasteiger partial charge >= 0.3 is 12.1 Å². The third-order valence-electron chi connectivity index (χ3n) is 4.86. The Hall–Kier alpha value is -2.99. The number of carbonyl (C=O) groups is 2. The smallest absolute Gasteiger partial charge is 0.475 e.